The van der Waals surface area contributed by atoms with E-state index in [4.69, 9.17) is 23.7 Å². The lowest BCUT2D eigenvalue weighted by atomic mass is 10.0. The van der Waals surface area contributed by atoms with Crippen LogP contribution in [0.3, 0.4) is 0 Å². The Morgan fingerprint density at radius 2 is 1.61 bits per heavy atom. The van der Waals surface area contributed by atoms with Crippen LogP contribution < -0.4 is 23.7 Å². The summed E-state index contributed by atoms with van der Waals surface area (Å²) in [6, 6.07) is 15.0. The Morgan fingerprint density at radius 1 is 0.939 bits per heavy atom. The quantitative estimate of drug-likeness (QED) is 0.364. The zero-order valence-corrected chi connectivity index (χ0v) is 20.3. The van der Waals surface area contributed by atoms with Gasteiger partial charge in [-0.05, 0) is 60.0 Å². The molecule has 0 aromatic heterocycles. The van der Waals surface area contributed by atoms with Gasteiger partial charge in [-0.2, -0.15) is 0 Å². The average molecular weight is 511 g/mol. The molecule has 0 N–H and O–H groups in total. The molecule has 0 fully saturated rings. The van der Waals surface area contributed by atoms with Crippen LogP contribution in [0.25, 0.3) is 6.08 Å². The van der Waals surface area contributed by atoms with Gasteiger partial charge in [0.25, 0.3) is 0 Å². The van der Waals surface area contributed by atoms with E-state index in [2.05, 4.69) is 15.9 Å². The molecule has 1 aliphatic heterocycles. The normalized spacial score (nSPS) is 13.5. The van der Waals surface area contributed by atoms with Crippen LogP contribution in [-0.4, -0.2) is 27.1 Å². The van der Waals surface area contributed by atoms with Crippen molar-refractivity contribution >= 4 is 27.8 Å². The molecule has 0 bridgehead atoms. The summed E-state index contributed by atoms with van der Waals surface area (Å²) in [6.07, 6.45) is 1.66. The number of halogens is 1. The molecule has 4 rings (SSSR count). The molecule has 170 valence electrons. The van der Waals surface area contributed by atoms with Gasteiger partial charge in [0.05, 0.1) is 26.9 Å². The smallest absolute Gasteiger partial charge is 0.232 e. The summed E-state index contributed by atoms with van der Waals surface area (Å²) in [7, 11) is 4.62. The molecule has 0 unspecified atom stereocenters. The number of carbonyl (C=O) groups is 1. The van der Waals surface area contributed by atoms with Gasteiger partial charge in [-0.25, -0.2) is 0 Å². The summed E-state index contributed by atoms with van der Waals surface area (Å²) in [4.78, 5) is 13.1. The molecule has 0 radical (unpaired) electrons. The molecule has 1 heterocycles. The van der Waals surface area contributed by atoms with Crippen molar-refractivity contribution in [3.05, 3.63) is 81.0 Å². The van der Waals surface area contributed by atoms with E-state index < -0.39 is 0 Å². The third kappa shape index (κ3) is 4.68. The fraction of sp³-hybridized carbons (Fsp3) is 0.192. The first-order chi connectivity index (χ1) is 15.9. The number of methoxy groups -OCH3 is 3. The van der Waals surface area contributed by atoms with Crippen LogP contribution in [-0.2, 0) is 6.61 Å². The highest BCUT2D eigenvalue weighted by atomic mass is 79.9. The SMILES string of the molecule is COc1cc(/C=C2\Oc3cc(OCc4ccc(Br)cc4)cc(C)c3C2=O)cc(OC)c1OC. The maximum Gasteiger partial charge on any atom is 0.232 e. The Bertz CT molecular complexity index is 1210. The van der Waals surface area contributed by atoms with Crippen LogP contribution in [0.15, 0.2) is 58.8 Å². The number of ether oxygens (including phenoxy) is 5. The Kier molecular flexibility index (Phi) is 6.60. The lowest BCUT2D eigenvalue weighted by molar-refractivity contribution is 0.101. The molecule has 1 aliphatic rings. The maximum absolute atomic E-state index is 13.1. The molecule has 33 heavy (non-hydrogen) atoms. The highest BCUT2D eigenvalue weighted by Gasteiger charge is 2.30. The maximum atomic E-state index is 13.1. The van der Waals surface area contributed by atoms with Gasteiger partial charge in [-0.1, -0.05) is 28.1 Å². The fourth-order valence-corrected chi connectivity index (χ4v) is 3.91. The minimum Gasteiger partial charge on any atom is -0.493 e. The number of rotatable bonds is 7. The molecule has 0 saturated carbocycles. The number of hydrogen-bond donors (Lipinski definition) is 0. The Balaban J connectivity index is 1.60. The predicted octanol–water partition coefficient (Wildman–Crippen LogP) is 5.98. The molecule has 7 heteroatoms. The number of carbonyl (C=O) groups excluding carboxylic acids is 1. The van der Waals surface area contributed by atoms with Crippen molar-refractivity contribution in [1.82, 2.24) is 0 Å². The largest absolute Gasteiger partial charge is 0.493 e. The fourth-order valence-electron chi connectivity index (χ4n) is 3.64. The third-order valence-electron chi connectivity index (χ3n) is 5.25. The first kappa shape index (κ1) is 22.7. The van der Waals surface area contributed by atoms with Crippen LogP contribution in [0.4, 0.5) is 0 Å². The summed E-state index contributed by atoms with van der Waals surface area (Å²) in [6.45, 7) is 2.28. The van der Waals surface area contributed by atoms with Gasteiger partial charge in [0, 0.05) is 10.5 Å². The lowest BCUT2D eigenvalue weighted by Crippen LogP contribution is -2.01. The first-order valence-electron chi connectivity index (χ1n) is 10.2. The van der Waals surface area contributed by atoms with Gasteiger partial charge in [0.1, 0.15) is 18.1 Å². The van der Waals surface area contributed by atoms with Gasteiger partial charge in [-0.3, -0.25) is 4.79 Å². The van der Waals surface area contributed by atoms with Crippen molar-refractivity contribution in [3.63, 3.8) is 0 Å². The zero-order chi connectivity index (χ0) is 23.5. The summed E-state index contributed by atoms with van der Waals surface area (Å²) in [5.41, 5.74) is 3.04. The summed E-state index contributed by atoms with van der Waals surface area (Å²) in [5, 5.41) is 0. The van der Waals surface area contributed by atoms with Gasteiger partial charge >= 0.3 is 0 Å². The van der Waals surface area contributed by atoms with Crippen molar-refractivity contribution in [3.8, 4) is 28.7 Å². The van der Waals surface area contributed by atoms with Crippen LogP contribution in [0.5, 0.6) is 28.7 Å². The second-order valence-corrected chi connectivity index (χ2v) is 8.34. The average Bonchev–Trinajstić information content (AvgIpc) is 3.13. The molecule has 6 nitrogen and oxygen atoms in total. The van der Waals surface area contributed by atoms with Crippen molar-refractivity contribution in [1.29, 1.82) is 0 Å². The van der Waals surface area contributed by atoms with E-state index in [1.54, 1.807) is 38.5 Å². The van der Waals surface area contributed by atoms with E-state index in [1.807, 2.05) is 37.3 Å². The van der Waals surface area contributed by atoms with Gasteiger partial charge in [-0.15, -0.1) is 0 Å². The monoisotopic (exact) mass is 510 g/mol. The standard InChI is InChI=1S/C26H23BrO6/c1-15-9-19(32-14-16-5-7-18(27)8-6-16)13-20-24(15)25(28)21(33-20)10-17-11-22(29-2)26(31-4)23(12-17)30-3/h5-13H,14H2,1-4H3/b21-10-. The molecular formula is C26H23BrO6. The van der Waals surface area contributed by atoms with Crippen LogP contribution >= 0.6 is 15.9 Å². The summed E-state index contributed by atoms with van der Waals surface area (Å²) < 4.78 is 29.0. The minimum absolute atomic E-state index is 0.185. The van der Waals surface area contributed by atoms with Crippen molar-refractivity contribution in [2.45, 2.75) is 13.5 Å². The Labute approximate surface area is 200 Å². The van der Waals surface area contributed by atoms with Crippen molar-refractivity contribution in [2.75, 3.05) is 21.3 Å². The highest BCUT2D eigenvalue weighted by molar-refractivity contribution is 9.10. The summed E-state index contributed by atoms with van der Waals surface area (Å²) in [5.74, 6) is 2.61. The Hall–Kier alpha value is -3.45. The molecule has 3 aromatic rings. The molecule has 3 aromatic carbocycles. The minimum atomic E-state index is -0.185. The van der Waals surface area contributed by atoms with Crippen molar-refractivity contribution in [2.24, 2.45) is 0 Å². The number of benzene rings is 3. The van der Waals surface area contributed by atoms with E-state index in [9.17, 15) is 4.79 Å². The number of Topliss-reactive ketones (excluding diaryl/α,β-unsaturated/α-hetero) is 1. The number of ketones is 1. The lowest BCUT2D eigenvalue weighted by Gasteiger charge is -2.13. The van der Waals surface area contributed by atoms with Gasteiger partial charge in [0.15, 0.2) is 17.3 Å². The number of allylic oxidation sites excluding steroid dienone is 1. The second-order valence-electron chi connectivity index (χ2n) is 7.43. The summed E-state index contributed by atoms with van der Waals surface area (Å²) >= 11 is 3.43. The number of fused-ring (bicyclic) bond motifs is 1. The van der Waals surface area contributed by atoms with Gasteiger partial charge < -0.3 is 23.7 Å². The zero-order valence-electron chi connectivity index (χ0n) is 18.7. The highest BCUT2D eigenvalue weighted by Crippen LogP contribution is 2.41. The van der Waals surface area contributed by atoms with E-state index in [1.165, 1.54) is 7.11 Å². The molecule has 0 amide bonds. The molecule has 0 atom stereocenters. The van der Waals surface area contributed by atoms with Crippen molar-refractivity contribution < 1.29 is 28.5 Å². The van der Waals surface area contributed by atoms with Crippen LogP contribution in [0, 0.1) is 6.92 Å². The third-order valence-corrected chi connectivity index (χ3v) is 5.78. The van der Waals surface area contributed by atoms with E-state index in [0.29, 0.717) is 46.5 Å². The predicted molar refractivity (Wildman–Crippen MR) is 129 cm³/mol. The van der Waals surface area contributed by atoms with E-state index in [-0.39, 0.29) is 11.5 Å². The second kappa shape index (κ2) is 9.58. The molecule has 0 saturated heterocycles. The molecule has 0 spiro atoms. The van der Waals surface area contributed by atoms with Crippen LogP contribution in [0.2, 0.25) is 0 Å². The van der Waals surface area contributed by atoms with E-state index in [0.717, 1.165) is 15.6 Å². The Morgan fingerprint density at radius 3 is 2.21 bits per heavy atom. The molecule has 0 aliphatic carbocycles. The number of hydrogen-bond acceptors (Lipinski definition) is 6. The van der Waals surface area contributed by atoms with Crippen LogP contribution in [0.1, 0.15) is 27.0 Å². The van der Waals surface area contributed by atoms with Gasteiger partial charge in [0.2, 0.25) is 11.5 Å². The number of aryl methyl sites for hydroxylation is 1. The topological polar surface area (TPSA) is 63.2 Å². The first-order valence-corrected chi connectivity index (χ1v) is 11.0. The van der Waals surface area contributed by atoms with E-state index >= 15 is 0 Å². The molecular weight excluding hydrogens is 488 g/mol.